The van der Waals surface area contributed by atoms with Crippen molar-refractivity contribution in [2.24, 2.45) is 0 Å². The molecule has 4 aromatic rings. The van der Waals surface area contributed by atoms with E-state index in [1.807, 2.05) is 41.4 Å². The Kier molecular flexibility index (Phi) is 17.0. The molecule has 0 unspecified atom stereocenters. The Morgan fingerprint density at radius 1 is 0.758 bits per heavy atom. The first-order chi connectivity index (χ1) is 28.9. The van der Waals surface area contributed by atoms with Gasteiger partial charge in [-0.05, 0) is 60.4 Å². The third-order valence-corrected chi connectivity index (χ3v) is 7.99. The van der Waals surface area contributed by atoms with Crippen molar-refractivity contribution in [3.63, 3.8) is 0 Å². The van der Waals surface area contributed by atoms with E-state index in [4.69, 9.17) is 51.3 Å². The number of nitriles is 1. The molecule has 2 aliphatic heterocycles. The molecule has 6 rings (SSSR count). The first-order valence-corrected chi connectivity index (χ1v) is 17.3. The maximum absolute atomic E-state index is 13.1. The number of carbonyl (C=O) groups is 4. The van der Waals surface area contributed by atoms with Gasteiger partial charge in [0.25, 0.3) is 5.91 Å². The number of hydrogen-bond acceptors (Lipinski definition) is 13. The lowest BCUT2D eigenvalue weighted by atomic mass is 10.0. The van der Waals surface area contributed by atoms with Crippen molar-refractivity contribution in [3.8, 4) is 11.8 Å². The van der Waals surface area contributed by atoms with Crippen molar-refractivity contribution < 1.29 is 78.7 Å². The lowest BCUT2D eigenvalue weighted by Gasteiger charge is -2.35. The summed E-state index contributed by atoms with van der Waals surface area (Å²) in [5.74, 6) is -6.01. The standard InChI is InChI=1S/C29H26ClN9O2.3C2HF3O2/c30-24-17-34-29-36-23-11-19(14-32-16-23)1-3-21-12-22(35-28(24)37-29)4-5-25(21)41-18-27(40)39-9-7-38(8-10-39)26-6-2-20(13-31)15-33-26;3*3-2(4,5)1(6)7/h2,4-6,11-12,14-17H,1,3,7-10,18H2,(H2,34,35,36,37);3*(H,6,7). The predicted octanol–water partition coefficient (Wildman–Crippen LogP) is 6.00. The molecule has 0 saturated carbocycles. The fraction of sp³-hybridized carbons (Fsp3) is 0.286. The fourth-order valence-corrected chi connectivity index (χ4v) is 4.94. The smallest absolute Gasteiger partial charge is 0.483 e. The molecule has 0 spiro atoms. The number of pyridine rings is 2. The number of aliphatic carboxylic acids is 3. The average Bonchev–Trinajstić information content (AvgIpc) is 3.21. The van der Waals surface area contributed by atoms with Crippen LogP contribution in [0, 0.1) is 11.3 Å². The number of piperazine rings is 1. The Bertz CT molecular complexity index is 2190. The molecule has 5 heterocycles. The van der Waals surface area contributed by atoms with E-state index in [0.717, 1.165) is 34.7 Å². The van der Waals surface area contributed by atoms with E-state index in [0.29, 0.717) is 60.7 Å². The molecule has 1 fully saturated rings. The number of halogens is 10. The molecule has 2 aliphatic rings. The Balaban J connectivity index is 0.000000403. The summed E-state index contributed by atoms with van der Waals surface area (Å²) in [6.07, 6.45) is -7.19. The highest BCUT2D eigenvalue weighted by Gasteiger charge is 2.39. The van der Waals surface area contributed by atoms with Gasteiger partial charge in [0.05, 0.1) is 23.6 Å². The second-order valence-corrected chi connectivity index (χ2v) is 12.5. The summed E-state index contributed by atoms with van der Waals surface area (Å²) in [6, 6.07) is 13.4. The van der Waals surface area contributed by atoms with Crippen LogP contribution in [0.2, 0.25) is 5.02 Å². The maximum Gasteiger partial charge on any atom is 0.490 e. The van der Waals surface area contributed by atoms with Crippen molar-refractivity contribution in [1.29, 1.82) is 5.26 Å². The number of hydrogen-bond donors (Lipinski definition) is 5. The van der Waals surface area contributed by atoms with Gasteiger partial charge in [0.1, 0.15) is 22.7 Å². The van der Waals surface area contributed by atoms with Gasteiger partial charge in [-0.2, -0.15) is 49.8 Å². The van der Waals surface area contributed by atoms with Gasteiger partial charge in [-0.1, -0.05) is 11.6 Å². The maximum atomic E-state index is 13.1. The van der Waals surface area contributed by atoms with Crippen LogP contribution in [0.1, 0.15) is 16.7 Å². The number of benzene rings is 1. The minimum Gasteiger partial charge on any atom is -0.483 e. The zero-order valence-electron chi connectivity index (χ0n) is 31.0. The van der Waals surface area contributed by atoms with E-state index in [-0.39, 0.29) is 12.5 Å². The number of carboxylic acids is 3. The van der Waals surface area contributed by atoms with E-state index in [2.05, 4.69) is 41.5 Å². The van der Waals surface area contributed by atoms with Crippen molar-refractivity contribution in [1.82, 2.24) is 24.8 Å². The molecule has 0 aliphatic carbocycles. The van der Waals surface area contributed by atoms with Crippen LogP contribution in [0.4, 0.5) is 68.5 Å². The number of aromatic nitrogens is 4. The summed E-state index contributed by atoms with van der Waals surface area (Å²) in [7, 11) is 0. The van der Waals surface area contributed by atoms with Crippen LogP contribution in [-0.4, -0.2) is 115 Å². The minimum atomic E-state index is -5.08. The normalized spacial score (nSPS) is 13.3. The highest BCUT2D eigenvalue weighted by molar-refractivity contribution is 6.32. The number of aryl methyl sites for hydroxylation is 2. The molecular weight excluding hydrogens is 881 g/mol. The number of nitrogens with one attached hydrogen (secondary N) is 2. The molecule has 0 radical (unpaired) electrons. The van der Waals surface area contributed by atoms with Crippen LogP contribution in [0.3, 0.4) is 0 Å². The zero-order valence-corrected chi connectivity index (χ0v) is 31.8. The Hall–Kier alpha value is -7.17. The van der Waals surface area contributed by atoms with Crippen LogP contribution in [0.25, 0.3) is 0 Å². The van der Waals surface area contributed by atoms with E-state index < -0.39 is 36.4 Å². The Labute approximate surface area is 347 Å². The number of fused-ring (bicyclic) bond motifs is 6. The third-order valence-electron chi connectivity index (χ3n) is 7.71. The number of alkyl halides is 9. The number of nitrogens with zero attached hydrogens (tertiary/aromatic N) is 7. The molecule has 62 heavy (non-hydrogen) atoms. The fourth-order valence-electron chi connectivity index (χ4n) is 4.80. The molecule has 17 nitrogen and oxygen atoms in total. The number of rotatable bonds is 4. The van der Waals surface area contributed by atoms with E-state index in [1.165, 1.54) is 0 Å². The first-order valence-electron chi connectivity index (χ1n) is 16.9. The molecule has 0 atom stereocenters. The second kappa shape index (κ2) is 21.4. The molecule has 1 aromatic carbocycles. The quantitative estimate of drug-likeness (QED) is 0.147. The molecule has 5 N–H and O–H groups in total. The average molecular weight is 910 g/mol. The van der Waals surface area contributed by atoms with Crippen molar-refractivity contribution in [2.75, 3.05) is 48.3 Å². The molecular formula is C35H29ClF9N9O8. The topological polar surface area (TPSA) is 244 Å². The van der Waals surface area contributed by atoms with Crippen LogP contribution in [0.5, 0.6) is 5.75 Å². The summed E-state index contributed by atoms with van der Waals surface area (Å²) >= 11 is 6.37. The number of amides is 1. The van der Waals surface area contributed by atoms with Gasteiger partial charge in [0, 0.05) is 44.3 Å². The zero-order chi connectivity index (χ0) is 46.4. The van der Waals surface area contributed by atoms with Crippen molar-refractivity contribution >= 4 is 64.4 Å². The van der Waals surface area contributed by atoms with Gasteiger partial charge in [0.15, 0.2) is 12.4 Å². The van der Waals surface area contributed by atoms with Crippen LogP contribution in [-0.2, 0) is 32.0 Å². The number of ether oxygens (including phenoxy) is 1. The van der Waals surface area contributed by atoms with Gasteiger partial charge in [-0.25, -0.2) is 24.4 Å². The molecule has 27 heteroatoms. The van der Waals surface area contributed by atoms with Gasteiger partial charge in [0.2, 0.25) is 5.95 Å². The number of anilines is 5. The van der Waals surface area contributed by atoms with Gasteiger partial charge >= 0.3 is 36.4 Å². The monoisotopic (exact) mass is 909 g/mol. The molecule has 6 bridgehead atoms. The van der Waals surface area contributed by atoms with Gasteiger partial charge in [-0.15, -0.1) is 0 Å². The third kappa shape index (κ3) is 15.8. The molecule has 1 saturated heterocycles. The first kappa shape index (κ1) is 49.2. The van der Waals surface area contributed by atoms with E-state index in [9.17, 15) is 44.3 Å². The highest BCUT2D eigenvalue weighted by atomic mass is 35.5. The van der Waals surface area contributed by atoms with Crippen molar-refractivity contribution in [3.05, 3.63) is 82.9 Å². The summed E-state index contributed by atoms with van der Waals surface area (Å²) in [6.45, 7) is 2.39. The lowest BCUT2D eigenvalue weighted by Crippen LogP contribution is -2.50. The van der Waals surface area contributed by atoms with E-state index in [1.54, 1.807) is 24.7 Å². The number of carboxylic acid groups (broad SMARTS) is 3. The summed E-state index contributed by atoms with van der Waals surface area (Å²) in [4.78, 5) is 61.2. The summed E-state index contributed by atoms with van der Waals surface area (Å²) in [5.41, 5.74) is 4.08. The largest absolute Gasteiger partial charge is 0.490 e. The molecule has 332 valence electrons. The molecule has 1 amide bonds. The van der Waals surface area contributed by atoms with Crippen LogP contribution in [0.15, 0.2) is 61.2 Å². The van der Waals surface area contributed by atoms with Crippen LogP contribution >= 0.6 is 11.6 Å². The SMILES string of the molecule is N#Cc1ccc(N2CCN(C(=O)COc3ccc4cc3CCc3cncc(c3)Nc3ncc(Cl)c(n3)N4)CC2)nc1.O=C(O)C(F)(F)F.O=C(O)C(F)(F)F.O=C(O)C(F)(F)F. The minimum absolute atomic E-state index is 0.0586. The predicted molar refractivity (Wildman–Crippen MR) is 196 cm³/mol. The van der Waals surface area contributed by atoms with Crippen LogP contribution < -0.4 is 20.3 Å². The second-order valence-electron chi connectivity index (χ2n) is 12.1. The van der Waals surface area contributed by atoms with Gasteiger partial charge in [-0.3, -0.25) is 9.78 Å². The van der Waals surface area contributed by atoms with Gasteiger partial charge < -0.3 is 40.5 Å². The Morgan fingerprint density at radius 2 is 1.35 bits per heavy atom. The summed E-state index contributed by atoms with van der Waals surface area (Å²) < 4.78 is 101. The van der Waals surface area contributed by atoms with E-state index >= 15 is 0 Å². The summed E-state index contributed by atoms with van der Waals surface area (Å²) in [5, 5.41) is 37.2. The highest BCUT2D eigenvalue weighted by Crippen LogP contribution is 2.30. The van der Waals surface area contributed by atoms with Crippen molar-refractivity contribution in [2.45, 2.75) is 31.4 Å². The molecule has 3 aromatic heterocycles. The Morgan fingerprint density at radius 3 is 1.89 bits per heavy atom. The number of carbonyl (C=O) groups excluding carboxylic acids is 1. The lowest BCUT2D eigenvalue weighted by molar-refractivity contribution is -0.193.